The molecule has 0 saturated carbocycles. The lowest BCUT2D eigenvalue weighted by molar-refractivity contribution is 0.204. The van der Waals surface area contributed by atoms with Crippen LogP contribution in [0.5, 0.6) is 0 Å². The predicted molar refractivity (Wildman–Crippen MR) is 40.5 cm³/mol. The monoisotopic (exact) mass is 154 g/mol. The van der Waals surface area contributed by atoms with Gasteiger partial charge >= 0.3 is 0 Å². The Morgan fingerprint density at radius 2 is 1.27 bits per heavy atom. The van der Waals surface area contributed by atoms with Crippen LogP contribution in [0, 0.1) is 23.7 Å². The fraction of sp³-hybridized carbons (Fsp3) is 0.500. The van der Waals surface area contributed by atoms with E-state index in [-0.39, 0.29) is 26.4 Å². The molecule has 0 atom stereocenters. The molecule has 0 heterocycles. The Labute approximate surface area is 66.0 Å². The Kier molecular flexibility index (Phi) is 8.18. The third kappa shape index (κ3) is 9.00. The molecule has 3 nitrogen and oxygen atoms in total. The summed E-state index contributed by atoms with van der Waals surface area (Å²) in [5, 5.41) is 16.4. The van der Waals surface area contributed by atoms with E-state index in [2.05, 4.69) is 23.7 Å². The van der Waals surface area contributed by atoms with Gasteiger partial charge in [-0.2, -0.15) is 0 Å². The van der Waals surface area contributed by atoms with Crippen molar-refractivity contribution >= 4 is 0 Å². The van der Waals surface area contributed by atoms with Crippen molar-refractivity contribution < 1.29 is 14.9 Å². The largest absolute Gasteiger partial charge is 0.384 e. The molecule has 0 aromatic carbocycles. The summed E-state index contributed by atoms with van der Waals surface area (Å²) >= 11 is 0. The van der Waals surface area contributed by atoms with Crippen LogP contribution in [0.2, 0.25) is 0 Å². The van der Waals surface area contributed by atoms with E-state index in [0.29, 0.717) is 0 Å². The van der Waals surface area contributed by atoms with Gasteiger partial charge in [0, 0.05) is 0 Å². The molecule has 0 aliphatic heterocycles. The van der Waals surface area contributed by atoms with Gasteiger partial charge in [-0.15, -0.1) is 0 Å². The minimum absolute atomic E-state index is 0.147. The van der Waals surface area contributed by atoms with E-state index in [1.54, 1.807) is 0 Å². The molecule has 0 unspecified atom stereocenters. The van der Waals surface area contributed by atoms with E-state index in [0.717, 1.165) is 0 Å². The molecule has 0 aliphatic rings. The summed E-state index contributed by atoms with van der Waals surface area (Å²) in [7, 11) is 0. The van der Waals surface area contributed by atoms with E-state index >= 15 is 0 Å². The van der Waals surface area contributed by atoms with Crippen LogP contribution in [0.15, 0.2) is 0 Å². The Hall–Kier alpha value is -1.00. The van der Waals surface area contributed by atoms with Gasteiger partial charge in [-0.05, 0) is 0 Å². The van der Waals surface area contributed by atoms with E-state index in [1.165, 1.54) is 0 Å². The number of hydrogen-bond acceptors (Lipinski definition) is 3. The highest BCUT2D eigenvalue weighted by Gasteiger charge is 1.75. The van der Waals surface area contributed by atoms with Crippen LogP contribution in [-0.4, -0.2) is 36.6 Å². The van der Waals surface area contributed by atoms with Gasteiger partial charge in [0.2, 0.25) is 0 Å². The van der Waals surface area contributed by atoms with E-state index in [9.17, 15) is 0 Å². The zero-order valence-electron chi connectivity index (χ0n) is 6.13. The van der Waals surface area contributed by atoms with Crippen LogP contribution >= 0.6 is 0 Å². The van der Waals surface area contributed by atoms with Crippen molar-refractivity contribution in [2.24, 2.45) is 0 Å². The lowest BCUT2D eigenvalue weighted by Gasteiger charge is -1.88. The topological polar surface area (TPSA) is 49.7 Å². The molecule has 0 aromatic rings. The van der Waals surface area contributed by atoms with E-state index in [4.69, 9.17) is 14.9 Å². The Morgan fingerprint density at radius 3 is 1.64 bits per heavy atom. The van der Waals surface area contributed by atoms with Gasteiger partial charge < -0.3 is 14.9 Å². The van der Waals surface area contributed by atoms with Crippen LogP contribution in [0.25, 0.3) is 0 Å². The Bertz CT molecular complexity index is 167. The maximum atomic E-state index is 8.22. The first-order valence-corrected chi connectivity index (χ1v) is 3.12. The average Bonchev–Trinajstić information content (AvgIpc) is 2.03. The number of aliphatic hydroxyl groups excluding tert-OH is 2. The molecular weight excluding hydrogens is 144 g/mol. The molecule has 60 valence electrons. The normalized spacial score (nSPS) is 7.45. The second-order valence-electron chi connectivity index (χ2n) is 1.52. The molecule has 3 heteroatoms. The van der Waals surface area contributed by atoms with Crippen molar-refractivity contribution in [3.8, 4) is 23.7 Å². The summed E-state index contributed by atoms with van der Waals surface area (Å²) < 4.78 is 4.87. The molecule has 0 aliphatic carbocycles. The summed E-state index contributed by atoms with van der Waals surface area (Å²) in [6.45, 7) is 0.235. The lowest BCUT2D eigenvalue weighted by Crippen LogP contribution is -1.92. The standard InChI is InChI=1S/C8H10O3/c9-5-1-3-7-11-8-4-2-6-10/h9-10H,5-8H2. The van der Waals surface area contributed by atoms with Crippen molar-refractivity contribution in [2.75, 3.05) is 26.4 Å². The van der Waals surface area contributed by atoms with Crippen molar-refractivity contribution in [3.63, 3.8) is 0 Å². The van der Waals surface area contributed by atoms with E-state index < -0.39 is 0 Å². The first-order valence-electron chi connectivity index (χ1n) is 3.12. The fourth-order valence-electron chi connectivity index (χ4n) is 0.367. The summed E-state index contributed by atoms with van der Waals surface area (Å²) in [5.41, 5.74) is 0. The summed E-state index contributed by atoms with van der Waals surface area (Å²) in [5.74, 6) is 9.96. The maximum absolute atomic E-state index is 8.22. The van der Waals surface area contributed by atoms with Crippen molar-refractivity contribution in [1.29, 1.82) is 0 Å². The minimum atomic E-state index is -0.147. The van der Waals surface area contributed by atoms with Gasteiger partial charge in [-0.1, -0.05) is 23.7 Å². The number of rotatable bonds is 2. The molecule has 0 fully saturated rings. The maximum Gasteiger partial charge on any atom is 0.109 e. The molecule has 0 radical (unpaired) electrons. The lowest BCUT2D eigenvalue weighted by atomic mass is 10.6. The SMILES string of the molecule is OCC#CCOCC#CCO. The van der Waals surface area contributed by atoms with Crippen LogP contribution in [0.3, 0.4) is 0 Å². The second kappa shape index (κ2) is 9.00. The molecule has 11 heavy (non-hydrogen) atoms. The summed E-state index contributed by atoms with van der Waals surface area (Å²) in [4.78, 5) is 0. The molecule has 0 aromatic heterocycles. The zero-order valence-corrected chi connectivity index (χ0v) is 6.13. The van der Waals surface area contributed by atoms with Crippen molar-refractivity contribution in [2.45, 2.75) is 0 Å². The summed E-state index contributed by atoms with van der Waals surface area (Å²) in [6.07, 6.45) is 0. The summed E-state index contributed by atoms with van der Waals surface area (Å²) in [6, 6.07) is 0. The van der Waals surface area contributed by atoms with Crippen LogP contribution in [-0.2, 0) is 4.74 Å². The van der Waals surface area contributed by atoms with Crippen LogP contribution in [0.1, 0.15) is 0 Å². The molecule has 0 bridgehead atoms. The quantitative estimate of drug-likeness (QED) is 0.396. The molecular formula is C8H10O3. The van der Waals surface area contributed by atoms with Gasteiger partial charge in [0.1, 0.15) is 26.4 Å². The third-order valence-corrected chi connectivity index (χ3v) is 0.757. The first-order chi connectivity index (χ1) is 5.41. The number of ether oxygens (including phenoxy) is 1. The average molecular weight is 154 g/mol. The Balaban J connectivity index is 3.14. The first kappa shape index (κ1) is 10.0. The zero-order chi connectivity index (χ0) is 8.36. The highest BCUT2D eigenvalue weighted by molar-refractivity contribution is 5.01. The van der Waals surface area contributed by atoms with Crippen molar-refractivity contribution in [3.05, 3.63) is 0 Å². The number of aliphatic hydroxyl groups is 2. The minimum Gasteiger partial charge on any atom is -0.384 e. The van der Waals surface area contributed by atoms with Gasteiger partial charge in [0.25, 0.3) is 0 Å². The predicted octanol–water partition coefficient (Wildman–Crippen LogP) is -1.01. The fourth-order valence-corrected chi connectivity index (χ4v) is 0.367. The van der Waals surface area contributed by atoms with Crippen LogP contribution < -0.4 is 0 Å². The van der Waals surface area contributed by atoms with E-state index in [1.807, 2.05) is 0 Å². The van der Waals surface area contributed by atoms with Gasteiger partial charge in [0.15, 0.2) is 0 Å². The molecule has 0 amide bonds. The van der Waals surface area contributed by atoms with Gasteiger partial charge in [-0.25, -0.2) is 0 Å². The molecule has 0 spiro atoms. The molecule has 0 rings (SSSR count). The number of hydrogen-bond donors (Lipinski definition) is 2. The molecule has 2 N–H and O–H groups in total. The Morgan fingerprint density at radius 1 is 0.818 bits per heavy atom. The van der Waals surface area contributed by atoms with Gasteiger partial charge in [0.05, 0.1) is 0 Å². The van der Waals surface area contributed by atoms with Crippen molar-refractivity contribution in [1.82, 2.24) is 0 Å². The van der Waals surface area contributed by atoms with Crippen LogP contribution in [0.4, 0.5) is 0 Å². The highest BCUT2D eigenvalue weighted by Crippen LogP contribution is 1.69. The second-order valence-corrected chi connectivity index (χ2v) is 1.52. The smallest absolute Gasteiger partial charge is 0.109 e. The third-order valence-electron chi connectivity index (χ3n) is 0.757. The highest BCUT2D eigenvalue weighted by atomic mass is 16.5. The van der Waals surface area contributed by atoms with Gasteiger partial charge in [-0.3, -0.25) is 0 Å². The molecule has 0 saturated heterocycles.